The molecule has 0 amide bonds. The molecule has 1 nitrogen and oxygen atoms in total. The minimum absolute atomic E-state index is 1.07. The number of hydrogen-bond acceptors (Lipinski definition) is 2. The standard InChI is InChI=1S/C15H19NS/c1-5-9-12-13(10-6-2)17-14(11-7-3)15(12)16-8-4/h5-11H,1-4H3/b9-5-,10-6-,11-7-,16-8?. The second-order valence-electron chi connectivity index (χ2n) is 3.48. The zero-order chi connectivity index (χ0) is 12.7. The van der Waals surface area contributed by atoms with Gasteiger partial charge in [-0.3, -0.25) is 4.99 Å². The molecule has 0 bridgehead atoms. The summed E-state index contributed by atoms with van der Waals surface area (Å²) in [4.78, 5) is 6.97. The first-order chi connectivity index (χ1) is 8.28. The van der Waals surface area contributed by atoms with Gasteiger partial charge in [0.1, 0.15) is 0 Å². The van der Waals surface area contributed by atoms with E-state index in [9.17, 15) is 0 Å². The van der Waals surface area contributed by atoms with Gasteiger partial charge >= 0.3 is 0 Å². The van der Waals surface area contributed by atoms with Gasteiger partial charge in [0.25, 0.3) is 0 Å². The van der Waals surface area contributed by atoms with Crippen molar-refractivity contribution in [2.75, 3.05) is 0 Å². The third kappa shape index (κ3) is 3.27. The lowest BCUT2D eigenvalue weighted by Crippen LogP contribution is -1.73. The summed E-state index contributed by atoms with van der Waals surface area (Å²) in [7, 11) is 0. The zero-order valence-corrected chi connectivity index (χ0v) is 11.7. The second kappa shape index (κ2) is 7.02. The van der Waals surface area contributed by atoms with Crippen LogP contribution in [0.2, 0.25) is 0 Å². The molecule has 0 aliphatic carbocycles. The van der Waals surface area contributed by atoms with Crippen LogP contribution in [0.1, 0.15) is 43.0 Å². The number of hydrogen-bond donors (Lipinski definition) is 0. The molecule has 1 heterocycles. The number of allylic oxidation sites excluding steroid dienone is 3. The Labute approximate surface area is 108 Å². The third-order valence-electron chi connectivity index (χ3n) is 2.20. The summed E-state index contributed by atoms with van der Waals surface area (Å²) in [5.74, 6) is 0. The highest BCUT2D eigenvalue weighted by molar-refractivity contribution is 7.14. The van der Waals surface area contributed by atoms with E-state index in [4.69, 9.17) is 0 Å². The molecule has 0 aromatic carbocycles. The van der Waals surface area contributed by atoms with E-state index >= 15 is 0 Å². The van der Waals surface area contributed by atoms with Crippen LogP contribution in [-0.4, -0.2) is 6.21 Å². The van der Waals surface area contributed by atoms with E-state index in [0.717, 1.165) is 5.69 Å². The molecule has 90 valence electrons. The molecule has 1 aromatic heterocycles. The van der Waals surface area contributed by atoms with Gasteiger partial charge in [0.2, 0.25) is 0 Å². The average molecular weight is 245 g/mol. The molecule has 0 saturated carbocycles. The van der Waals surface area contributed by atoms with Crippen molar-refractivity contribution in [3.8, 4) is 0 Å². The molecule has 0 saturated heterocycles. The minimum atomic E-state index is 1.07. The lowest BCUT2D eigenvalue weighted by molar-refractivity contribution is 1.54. The summed E-state index contributed by atoms with van der Waals surface area (Å²) in [5.41, 5.74) is 2.28. The predicted molar refractivity (Wildman–Crippen MR) is 82.3 cm³/mol. The van der Waals surface area contributed by atoms with Gasteiger partial charge in [-0.25, -0.2) is 0 Å². The Morgan fingerprint density at radius 3 is 1.94 bits per heavy atom. The van der Waals surface area contributed by atoms with Crippen LogP contribution in [0.5, 0.6) is 0 Å². The van der Waals surface area contributed by atoms with Crippen LogP contribution in [0.15, 0.2) is 23.2 Å². The minimum Gasteiger partial charge on any atom is -0.259 e. The number of rotatable bonds is 4. The van der Waals surface area contributed by atoms with Crippen LogP contribution in [0, 0.1) is 0 Å². The number of aliphatic imine (C=N–C) groups is 1. The van der Waals surface area contributed by atoms with E-state index < -0.39 is 0 Å². The first-order valence-electron chi connectivity index (χ1n) is 5.82. The molecule has 0 atom stereocenters. The summed E-state index contributed by atoms with van der Waals surface area (Å²) in [6.45, 7) is 8.05. The Morgan fingerprint density at radius 2 is 1.41 bits per heavy atom. The van der Waals surface area contributed by atoms with Crippen LogP contribution in [-0.2, 0) is 0 Å². The maximum absolute atomic E-state index is 4.50. The molecule has 0 unspecified atom stereocenters. The Kier molecular flexibility index (Phi) is 5.64. The van der Waals surface area contributed by atoms with Crippen molar-refractivity contribution >= 4 is 41.5 Å². The van der Waals surface area contributed by atoms with E-state index in [-0.39, 0.29) is 0 Å². The summed E-state index contributed by atoms with van der Waals surface area (Å²) < 4.78 is 0. The average Bonchev–Trinajstić information content (AvgIpc) is 2.61. The van der Waals surface area contributed by atoms with Gasteiger partial charge < -0.3 is 0 Å². The summed E-state index contributed by atoms with van der Waals surface area (Å²) in [6, 6.07) is 0. The molecule has 0 aliphatic heterocycles. The van der Waals surface area contributed by atoms with Gasteiger partial charge in [-0.1, -0.05) is 24.3 Å². The highest BCUT2D eigenvalue weighted by Gasteiger charge is 2.11. The van der Waals surface area contributed by atoms with Crippen molar-refractivity contribution in [3.63, 3.8) is 0 Å². The fourth-order valence-corrected chi connectivity index (χ4v) is 2.78. The molecule has 0 fully saturated rings. The quantitative estimate of drug-likeness (QED) is 0.615. The third-order valence-corrected chi connectivity index (χ3v) is 3.33. The maximum atomic E-state index is 4.50. The monoisotopic (exact) mass is 245 g/mol. The first kappa shape index (κ1) is 13.7. The predicted octanol–water partition coefficient (Wildman–Crippen LogP) is 5.57. The van der Waals surface area contributed by atoms with E-state index in [2.05, 4.69) is 41.4 Å². The van der Waals surface area contributed by atoms with Gasteiger partial charge in [-0.15, -0.1) is 11.3 Å². The van der Waals surface area contributed by atoms with E-state index in [1.54, 1.807) is 11.3 Å². The first-order valence-corrected chi connectivity index (χ1v) is 6.63. The largest absolute Gasteiger partial charge is 0.259 e. The van der Waals surface area contributed by atoms with Gasteiger partial charge in [-0.05, 0) is 39.8 Å². The van der Waals surface area contributed by atoms with Crippen molar-refractivity contribution in [3.05, 3.63) is 33.5 Å². The molecule has 1 aromatic rings. The molecule has 0 N–H and O–H groups in total. The Morgan fingerprint density at radius 1 is 0.824 bits per heavy atom. The van der Waals surface area contributed by atoms with Crippen molar-refractivity contribution in [1.82, 2.24) is 0 Å². The van der Waals surface area contributed by atoms with Crippen molar-refractivity contribution in [2.45, 2.75) is 27.7 Å². The summed E-state index contributed by atoms with van der Waals surface area (Å²) in [5, 5.41) is 0. The molecule has 2 heteroatoms. The highest BCUT2D eigenvalue weighted by atomic mass is 32.1. The summed E-state index contributed by atoms with van der Waals surface area (Å²) in [6.07, 6.45) is 14.4. The van der Waals surface area contributed by atoms with Crippen LogP contribution in [0.25, 0.3) is 18.2 Å². The van der Waals surface area contributed by atoms with E-state index in [0.29, 0.717) is 0 Å². The molecule has 17 heavy (non-hydrogen) atoms. The number of thiophene rings is 1. The Balaban J connectivity index is 3.47. The fourth-order valence-electron chi connectivity index (χ4n) is 1.60. The van der Waals surface area contributed by atoms with Gasteiger partial charge in [0.15, 0.2) is 0 Å². The van der Waals surface area contributed by atoms with Crippen LogP contribution in [0.3, 0.4) is 0 Å². The topological polar surface area (TPSA) is 12.4 Å². The molecule has 0 radical (unpaired) electrons. The van der Waals surface area contributed by atoms with Crippen molar-refractivity contribution in [2.24, 2.45) is 4.99 Å². The van der Waals surface area contributed by atoms with Crippen LogP contribution >= 0.6 is 11.3 Å². The van der Waals surface area contributed by atoms with Crippen LogP contribution < -0.4 is 0 Å². The smallest absolute Gasteiger partial charge is 0.0884 e. The lowest BCUT2D eigenvalue weighted by atomic mass is 10.1. The molecule has 1 rings (SSSR count). The Hall–Kier alpha value is -1.41. The lowest BCUT2D eigenvalue weighted by Gasteiger charge is -1.95. The number of nitrogens with zero attached hydrogens (tertiary/aromatic N) is 1. The normalized spacial score (nSPS) is 12.9. The highest BCUT2D eigenvalue weighted by Crippen LogP contribution is 2.38. The zero-order valence-electron chi connectivity index (χ0n) is 10.9. The van der Waals surface area contributed by atoms with Gasteiger partial charge in [0, 0.05) is 16.7 Å². The van der Waals surface area contributed by atoms with Gasteiger partial charge in [0.05, 0.1) is 10.6 Å². The summed E-state index contributed by atoms with van der Waals surface area (Å²) >= 11 is 1.78. The maximum Gasteiger partial charge on any atom is 0.0884 e. The van der Waals surface area contributed by atoms with E-state index in [1.165, 1.54) is 15.3 Å². The SMILES string of the molecule is CC=Nc1c(/C=C\C)sc(/C=C\C)c1/C=C\C. The van der Waals surface area contributed by atoms with Crippen LogP contribution in [0.4, 0.5) is 5.69 Å². The molecule has 0 spiro atoms. The molecular formula is C15H19NS. The molecular weight excluding hydrogens is 226 g/mol. The second-order valence-corrected chi connectivity index (χ2v) is 4.56. The van der Waals surface area contributed by atoms with Crippen molar-refractivity contribution < 1.29 is 0 Å². The van der Waals surface area contributed by atoms with E-state index in [1.807, 2.05) is 33.9 Å². The molecule has 0 aliphatic rings. The van der Waals surface area contributed by atoms with Crippen molar-refractivity contribution in [1.29, 1.82) is 0 Å². The van der Waals surface area contributed by atoms with Gasteiger partial charge in [-0.2, -0.15) is 0 Å². The fraction of sp³-hybridized carbons (Fsp3) is 0.267. The Bertz CT molecular complexity index is 431.